The third-order valence-corrected chi connectivity index (χ3v) is 15.7. The van der Waals surface area contributed by atoms with E-state index < -0.39 is 0 Å². The van der Waals surface area contributed by atoms with E-state index in [0.717, 1.165) is 17.8 Å². The highest BCUT2D eigenvalue weighted by Gasteiger charge is 2.51. The van der Waals surface area contributed by atoms with Crippen LogP contribution in [-0.4, -0.2) is 4.57 Å². The first-order chi connectivity index (χ1) is 27.9. The van der Waals surface area contributed by atoms with Gasteiger partial charge in [0.05, 0.1) is 11.0 Å². The van der Waals surface area contributed by atoms with E-state index in [1.807, 2.05) is 0 Å². The molecule has 0 unspecified atom stereocenters. The lowest BCUT2D eigenvalue weighted by Gasteiger charge is -2.57. The van der Waals surface area contributed by atoms with Crippen LogP contribution in [0, 0.1) is 17.8 Å². The maximum Gasteiger partial charge on any atom is 0.0544 e. The van der Waals surface area contributed by atoms with Gasteiger partial charge < -0.3 is 9.47 Å². The van der Waals surface area contributed by atoms with Gasteiger partial charge in [-0.15, -0.1) is 0 Å². The first kappa shape index (κ1) is 34.0. The van der Waals surface area contributed by atoms with Crippen LogP contribution in [0.4, 0.5) is 17.1 Å². The second-order valence-electron chi connectivity index (χ2n) is 19.4. The smallest absolute Gasteiger partial charge is 0.0544 e. The molecule has 7 aromatic rings. The topological polar surface area (TPSA) is 8.17 Å². The highest BCUT2D eigenvalue weighted by molar-refractivity contribution is 6.14. The highest BCUT2D eigenvalue weighted by atomic mass is 15.1. The van der Waals surface area contributed by atoms with E-state index in [4.69, 9.17) is 0 Å². The van der Waals surface area contributed by atoms with Crippen LogP contribution in [0.3, 0.4) is 0 Å². The molecule has 0 aliphatic heterocycles. The number of fused-ring (bicyclic) bond motifs is 7. The molecule has 0 radical (unpaired) electrons. The van der Waals surface area contributed by atoms with Crippen LogP contribution in [0.1, 0.15) is 113 Å². The monoisotopic (exact) mass is 742 g/mol. The molecule has 6 aliphatic carbocycles. The third-order valence-electron chi connectivity index (χ3n) is 15.7. The first-order valence-corrected chi connectivity index (χ1v) is 22.2. The zero-order chi connectivity index (χ0) is 37.9. The van der Waals surface area contributed by atoms with Crippen LogP contribution in [0.15, 0.2) is 133 Å². The normalized spacial score (nSPS) is 24.6. The SMILES string of the molecule is CC1(C)c2cc(N(c3ccc(C4CCCCC4)cc3)c3ccc(C45CC6CC(CC(C6)C4)C5)cc3)ccc2-c2ccc3c(c21)c1ccccc1n3-c1ccccc1. The summed E-state index contributed by atoms with van der Waals surface area (Å²) in [5, 5.41) is 2.71. The largest absolute Gasteiger partial charge is 0.310 e. The van der Waals surface area contributed by atoms with Crippen molar-refractivity contribution in [2.24, 2.45) is 17.8 Å². The number of hydrogen-bond donors (Lipinski definition) is 0. The number of hydrogen-bond acceptors (Lipinski definition) is 1. The Bertz CT molecular complexity index is 2620. The molecule has 1 heterocycles. The summed E-state index contributed by atoms with van der Waals surface area (Å²) in [6, 6.07) is 51.6. The van der Waals surface area contributed by atoms with Gasteiger partial charge >= 0.3 is 0 Å². The molecule has 4 bridgehead atoms. The Hall–Kier alpha value is -5.08. The van der Waals surface area contributed by atoms with Crippen molar-refractivity contribution in [2.45, 2.75) is 101 Å². The number of anilines is 3. The lowest BCUT2D eigenvalue weighted by atomic mass is 9.48. The molecule has 2 nitrogen and oxygen atoms in total. The van der Waals surface area contributed by atoms with Crippen molar-refractivity contribution >= 4 is 38.9 Å². The van der Waals surface area contributed by atoms with Gasteiger partial charge in [-0.3, -0.25) is 0 Å². The van der Waals surface area contributed by atoms with Gasteiger partial charge in [0.2, 0.25) is 0 Å². The van der Waals surface area contributed by atoms with E-state index in [1.165, 1.54) is 143 Å². The molecule has 0 spiro atoms. The molecule has 284 valence electrons. The fourth-order valence-electron chi connectivity index (χ4n) is 13.6. The molecule has 0 N–H and O–H groups in total. The summed E-state index contributed by atoms with van der Waals surface area (Å²) in [6.07, 6.45) is 15.4. The molecule has 0 saturated heterocycles. The van der Waals surface area contributed by atoms with Gasteiger partial charge in [0.1, 0.15) is 0 Å². The minimum Gasteiger partial charge on any atom is -0.310 e. The van der Waals surface area contributed by atoms with Crippen LogP contribution < -0.4 is 4.90 Å². The molecule has 0 atom stereocenters. The predicted molar refractivity (Wildman–Crippen MR) is 239 cm³/mol. The lowest BCUT2D eigenvalue weighted by Crippen LogP contribution is -2.48. The summed E-state index contributed by atoms with van der Waals surface area (Å²) in [5.41, 5.74) is 16.4. The lowest BCUT2D eigenvalue weighted by molar-refractivity contribution is -0.00518. The average Bonchev–Trinajstić information content (AvgIpc) is 3.69. The quantitative estimate of drug-likeness (QED) is 0.165. The molecule has 5 fully saturated rings. The van der Waals surface area contributed by atoms with Crippen LogP contribution >= 0.6 is 0 Å². The molecule has 5 saturated carbocycles. The number of benzene rings is 6. The Morgan fingerprint density at radius 2 is 1.18 bits per heavy atom. The Morgan fingerprint density at radius 1 is 0.561 bits per heavy atom. The summed E-state index contributed by atoms with van der Waals surface area (Å²) in [4.78, 5) is 2.55. The molecule has 1 aromatic heterocycles. The fraction of sp³-hybridized carbons (Fsp3) is 0.345. The van der Waals surface area contributed by atoms with Crippen molar-refractivity contribution < 1.29 is 0 Å². The van der Waals surface area contributed by atoms with Crippen LogP contribution in [0.2, 0.25) is 0 Å². The van der Waals surface area contributed by atoms with Gasteiger partial charge in [-0.1, -0.05) is 106 Å². The van der Waals surface area contributed by atoms with E-state index in [9.17, 15) is 0 Å². The van der Waals surface area contributed by atoms with Crippen molar-refractivity contribution in [1.29, 1.82) is 0 Å². The molecule has 0 amide bonds. The number of rotatable bonds is 6. The van der Waals surface area contributed by atoms with Gasteiger partial charge in [-0.05, 0) is 174 Å². The molecule has 2 heteroatoms. The molecular weight excluding hydrogens is 689 g/mol. The maximum absolute atomic E-state index is 2.55. The third kappa shape index (κ3) is 5.21. The van der Waals surface area contributed by atoms with Crippen molar-refractivity contribution in [1.82, 2.24) is 4.57 Å². The van der Waals surface area contributed by atoms with E-state index >= 15 is 0 Å². The molecular formula is C55H54N2. The highest BCUT2D eigenvalue weighted by Crippen LogP contribution is 2.61. The second kappa shape index (κ2) is 12.7. The van der Waals surface area contributed by atoms with Crippen LogP contribution in [0.5, 0.6) is 0 Å². The van der Waals surface area contributed by atoms with Crippen molar-refractivity contribution in [3.63, 3.8) is 0 Å². The zero-order valence-corrected chi connectivity index (χ0v) is 33.7. The van der Waals surface area contributed by atoms with E-state index in [2.05, 4.69) is 157 Å². The van der Waals surface area contributed by atoms with Gasteiger partial charge in [-0.2, -0.15) is 0 Å². The fourth-order valence-corrected chi connectivity index (χ4v) is 13.6. The first-order valence-electron chi connectivity index (χ1n) is 22.2. The molecule has 57 heavy (non-hydrogen) atoms. The Kier molecular flexibility index (Phi) is 7.58. The summed E-state index contributed by atoms with van der Waals surface area (Å²) in [5.74, 6) is 3.55. The minimum absolute atomic E-state index is 0.190. The Balaban J connectivity index is 0.977. The van der Waals surface area contributed by atoms with Gasteiger partial charge in [0.25, 0.3) is 0 Å². The predicted octanol–water partition coefficient (Wildman–Crippen LogP) is 15.1. The van der Waals surface area contributed by atoms with Crippen LogP contribution in [-0.2, 0) is 10.8 Å². The molecule has 13 rings (SSSR count). The Labute approximate surface area is 338 Å². The van der Waals surface area contributed by atoms with Crippen molar-refractivity contribution in [3.05, 3.63) is 156 Å². The summed E-state index contributed by atoms with van der Waals surface area (Å²) in [7, 11) is 0. The van der Waals surface area contributed by atoms with Gasteiger partial charge in [0.15, 0.2) is 0 Å². The van der Waals surface area contributed by atoms with Gasteiger partial charge in [0, 0.05) is 38.9 Å². The maximum atomic E-state index is 2.55. The van der Waals surface area contributed by atoms with Gasteiger partial charge in [-0.25, -0.2) is 0 Å². The molecule has 6 aromatic carbocycles. The van der Waals surface area contributed by atoms with Crippen LogP contribution in [0.25, 0.3) is 38.6 Å². The summed E-state index contributed by atoms with van der Waals surface area (Å²) < 4.78 is 2.46. The Morgan fingerprint density at radius 3 is 1.88 bits per heavy atom. The van der Waals surface area contributed by atoms with E-state index in [1.54, 1.807) is 5.56 Å². The average molecular weight is 743 g/mol. The van der Waals surface area contributed by atoms with E-state index in [-0.39, 0.29) is 5.41 Å². The zero-order valence-electron chi connectivity index (χ0n) is 33.7. The van der Waals surface area contributed by atoms with Crippen molar-refractivity contribution in [2.75, 3.05) is 4.90 Å². The number of nitrogens with zero attached hydrogens (tertiary/aromatic N) is 2. The number of aromatic nitrogens is 1. The summed E-state index contributed by atoms with van der Waals surface area (Å²) >= 11 is 0. The van der Waals surface area contributed by atoms with E-state index in [0.29, 0.717) is 11.3 Å². The van der Waals surface area contributed by atoms with Crippen molar-refractivity contribution in [3.8, 4) is 16.8 Å². The molecule has 6 aliphatic rings. The summed E-state index contributed by atoms with van der Waals surface area (Å²) in [6.45, 7) is 4.91. The minimum atomic E-state index is -0.190. The second-order valence-corrected chi connectivity index (χ2v) is 19.4. The number of para-hydroxylation sites is 2. The standard InChI is InChI=1S/C55H54N2/c1-54(2)49-32-45(25-26-46(49)47-27-28-51-52(53(47)54)48-15-9-10-16-50(48)57(51)42-13-7-4-8-14-42)56(43-21-17-40(18-22-43)39-11-5-3-6-12-39)44-23-19-41(20-24-44)55-33-36-29-37(34-55)31-38(30-36)35-55/h4,7-10,13-28,32,36-39H,3,5-6,11-12,29-31,33-35H2,1-2H3.